The number of halogens is 1. The number of carbonyl (C=O) groups is 1. The number of ether oxygens (including phenoxy) is 1. The second kappa shape index (κ2) is 10.4. The van der Waals surface area contributed by atoms with Crippen LogP contribution in [0, 0.1) is 0 Å². The smallest absolute Gasteiger partial charge is 0.261 e. The molecule has 0 atom stereocenters. The number of fused-ring (bicyclic) bond motifs is 1. The number of rotatable bonds is 6. The molecule has 1 aromatic carbocycles. The zero-order valence-electron chi connectivity index (χ0n) is 18.8. The summed E-state index contributed by atoms with van der Waals surface area (Å²) in [7, 11) is 0. The van der Waals surface area contributed by atoms with Crippen molar-refractivity contribution in [3.05, 3.63) is 41.0 Å². The summed E-state index contributed by atoms with van der Waals surface area (Å²) >= 11 is 7.63. The molecule has 1 amide bonds. The summed E-state index contributed by atoms with van der Waals surface area (Å²) in [6.45, 7) is 0.0228. The van der Waals surface area contributed by atoms with Crippen LogP contribution in [0.5, 0.6) is 5.88 Å². The normalized spacial score (nSPS) is 17.8. The van der Waals surface area contributed by atoms with E-state index >= 15 is 0 Å². The van der Waals surface area contributed by atoms with E-state index in [0.29, 0.717) is 23.0 Å². The number of nitrogens with zero attached hydrogens (tertiary/aromatic N) is 3. The van der Waals surface area contributed by atoms with Crippen molar-refractivity contribution in [2.45, 2.75) is 76.3 Å². The fourth-order valence-electron chi connectivity index (χ4n) is 5.43. The van der Waals surface area contributed by atoms with Gasteiger partial charge in [0, 0.05) is 28.0 Å². The maximum absolute atomic E-state index is 13.5. The maximum Gasteiger partial charge on any atom is 0.261 e. The number of benzene rings is 1. The lowest BCUT2D eigenvalue weighted by atomic mass is 9.88. The molecule has 2 aliphatic carbocycles. The van der Waals surface area contributed by atoms with Crippen LogP contribution in [0.25, 0.3) is 21.3 Å². The predicted molar refractivity (Wildman–Crippen MR) is 134 cm³/mol. The summed E-state index contributed by atoms with van der Waals surface area (Å²) in [5.74, 6) is 0.579. The highest BCUT2D eigenvalue weighted by molar-refractivity contribution is 7.17. The van der Waals surface area contributed by atoms with Gasteiger partial charge < -0.3 is 9.64 Å². The van der Waals surface area contributed by atoms with Crippen LogP contribution in [0.4, 0.5) is 0 Å². The van der Waals surface area contributed by atoms with E-state index in [1.165, 1.54) is 44.9 Å². The Morgan fingerprint density at radius 3 is 2.24 bits per heavy atom. The van der Waals surface area contributed by atoms with Crippen LogP contribution in [0.2, 0.25) is 5.02 Å². The van der Waals surface area contributed by atoms with Crippen LogP contribution < -0.4 is 4.74 Å². The zero-order valence-corrected chi connectivity index (χ0v) is 20.4. The third-order valence-corrected chi connectivity index (χ3v) is 8.19. The number of hydrogen-bond donors (Lipinski definition) is 0. The van der Waals surface area contributed by atoms with Gasteiger partial charge in [0.05, 0.1) is 5.39 Å². The molecule has 2 aromatic heterocycles. The Morgan fingerprint density at radius 1 is 0.970 bits per heavy atom. The average molecular weight is 484 g/mol. The molecule has 5 rings (SSSR count). The molecule has 3 aromatic rings. The van der Waals surface area contributed by atoms with E-state index in [-0.39, 0.29) is 12.5 Å². The Morgan fingerprint density at radius 2 is 1.61 bits per heavy atom. The van der Waals surface area contributed by atoms with Gasteiger partial charge in [0.15, 0.2) is 6.61 Å². The number of amides is 1. The number of thiophene rings is 1. The largest absolute Gasteiger partial charge is 0.467 e. The van der Waals surface area contributed by atoms with Crippen molar-refractivity contribution in [3.63, 3.8) is 0 Å². The summed E-state index contributed by atoms with van der Waals surface area (Å²) < 4.78 is 6.13. The Bertz CT molecular complexity index is 1070. The van der Waals surface area contributed by atoms with E-state index in [9.17, 15) is 4.79 Å². The minimum Gasteiger partial charge on any atom is -0.467 e. The van der Waals surface area contributed by atoms with Crippen LogP contribution in [-0.2, 0) is 4.79 Å². The summed E-state index contributed by atoms with van der Waals surface area (Å²) in [6.07, 6.45) is 13.4. The van der Waals surface area contributed by atoms with Gasteiger partial charge in [-0.2, -0.15) is 0 Å². The van der Waals surface area contributed by atoms with Gasteiger partial charge >= 0.3 is 0 Å². The molecule has 0 unspecified atom stereocenters. The topological polar surface area (TPSA) is 55.3 Å². The Kier molecular flexibility index (Phi) is 7.12. The first-order chi connectivity index (χ1) is 16.2. The number of carbonyl (C=O) groups excluding carboxylic acids is 1. The molecule has 5 nitrogen and oxygen atoms in total. The van der Waals surface area contributed by atoms with Crippen molar-refractivity contribution in [2.24, 2.45) is 0 Å². The summed E-state index contributed by atoms with van der Waals surface area (Å²) in [4.78, 5) is 25.4. The molecule has 2 aliphatic rings. The van der Waals surface area contributed by atoms with E-state index in [2.05, 4.69) is 20.2 Å². The molecule has 0 saturated heterocycles. The molecule has 0 bridgehead atoms. The second-order valence-electron chi connectivity index (χ2n) is 9.19. The third-order valence-electron chi connectivity index (χ3n) is 7.05. The maximum atomic E-state index is 13.5. The molecular formula is C26H30ClN3O2S. The Labute approximate surface area is 204 Å². The van der Waals surface area contributed by atoms with Crippen molar-refractivity contribution < 1.29 is 9.53 Å². The lowest BCUT2D eigenvalue weighted by molar-refractivity contribution is -0.140. The van der Waals surface area contributed by atoms with E-state index < -0.39 is 0 Å². The molecule has 2 saturated carbocycles. The van der Waals surface area contributed by atoms with Crippen LogP contribution in [0.1, 0.15) is 64.2 Å². The van der Waals surface area contributed by atoms with Gasteiger partial charge in [-0.05, 0) is 43.4 Å². The monoisotopic (exact) mass is 483 g/mol. The average Bonchev–Trinajstić information content (AvgIpc) is 3.30. The molecule has 0 radical (unpaired) electrons. The van der Waals surface area contributed by atoms with Crippen molar-refractivity contribution in [1.29, 1.82) is 0 Å². The molecule has 2 fully saturated rings. The van der Waals surface area contributed by atoms with Gasteiger partial charge in [-0.1, -0.05) is 62.3 Å². The first-order valence-corrected chi connectivity index (χ1v) is 13.4. The number of aromatic nitrogens is 2. The van der Waals surface area contributed by atoms with Crippen molar-refractivity contribution >= 4 is 39.1 Å². The van der Waals surface area contributed by atoms with E-state index in [0.717, 1.165) is 47.0 Å². The molecule has 0 N–H and O–H groups in total. The van der Waals surface area contributed by atoms with Gasteiger partial charge in [-0.3, -0.25) is 4.79 Å². The fourth-order valence-corrected chi connectivity index (χ4v) is 6.46. The van der Waals surface area contributed by atoms with E-state index in [1.807, 2.05) is 24.3 Å². The SMILES string of the molecule is O=C(COc1ncnc2scc(-c3ccc(Cl)cc3)c12)N(C1CCCCC1)C1CCCCC1. The summed E-state index contributed by atoms with van der Waals surface area (Å²) in [6, 6.07) is 8.43. The minimum atomic E-state index is 0.0228. The second-order valence-corrected chi connectivity index (χ2v) is 10.5. The molecular weight excluding hydrogens is 454 g/mol. The van der Waals surface area contributed by atoms with Gasteiger partial charge in [0.25, 0.3) is 5.91 Å². The van der Waals surface area contributed by atoms with Crippen LogP contribution >= 0.6 is 22.9 Å². The molecule has 33 heavy (non-hydrogen) atoms. The van der Waals surface area contributed by atoms with Crippen molar-refractivity contribution in [1.82, 2.24) is 14.9 Å². The lowest BCUT2D eigenvalue weighted by Crippen LogP contribution is -2.50. The molecule has 174 valence electrons. The number of hydrogen-bond acceptors (Lipinski definition) is 5. The Balaban J connectivity index is 1.38. The zero-order chi connectivity index (χ0) is 22.6. The van der Waals surface area contributed by atoms with Crippen LogP contribution in [0.15, 0.2) is 36.0 Å². The lowest BCUT2D eigenvalue weighted by Gasteiger charge is -2.41. The van der Waals surface area contributed by atoms with Crippen LogP contribution in [-0.4, -0.2) is 39.5 Å². The van der Waals surface area contributed by atoms with E-state index in [1.54, 1.807) is 11.3 Å². The first kappa shape index (κ1) is 22.6. The standard InChI is InChI=1S/C26H30ClN3O2S/c27-19-13-11-18(12-14-19)22-16-33-26-24(22)25(28-17-29-26)32-15-23(31)30(20-7-3-1-4-8-20)21-9-5-2-6-10-21/h11-14,16-17,20-21H,1-10,15H2. The van der Waals surface area contributed by atoms with E-state index in [4.69, 9.17) is 16.3 Å². The molecule has 0 spiro atoms. The first-order valence-electron chi connectivity index (χ1n) is 12.1. The van der Waals surface area contributed by atoms with Gasteiger partial charge in [-0.15, -0.1) is 11.3 Å². The van der Waals surface area contributed by atoms with Gasteiger partial charge in [-0.25, -0.2) is 9.97 Å². The van der Waals surface area contributed by atoms with Gasteiger partial charge in [0.2, 0.25) is 5.88 Å². The van der Waals surface area contributed by atoms with Crippen molar-refractivity contribution in [3.8, 4) is 17.0 Å². The summed E-state index contributed by atoms with van der Waals surface area (Å²) in [5, 5.41) is 3.62. The molecule has 0 aliphatic heterocycles. The van der Waals surface area contributed by atoms with Crippen LogP contribution in [0.3, 0.4) is 0 Å². The Hall–Kier alpha value is -2.18. The predicted octanol–water partition coefficient (Wildman–Crippen LogP) is 6.88. The highest BCUT2D eigenvalue weighted by Gasteiger charge is 2.32. The quantitative estimate of drug-likeness (QED) is 0.383. The van der Waals surface area contributed by atoms with Crippen molar-refractivity contribution in [2.75, 3.05) is 6.61 Å². The minimum absolute atomic E-state index is 0.0228. The fraction of sp³-hybridized carbons (Fsp3) is 0.500. The highest BCUT2D eigenvalue weighted by atomic mass is 35.5. The third kappa shape index (κ3) is 5.02. The highest BCUT2D eigenvalue weighted by Crippen LogP contribution is 2.38. The summed E-state index contributed by atoms with van der Waals surface area (Å²) in [5.41, 5.74) is 2.04. The van der Waals surface area contributed by atoms with Gasteiger partial charge in [0.1, 0.15) is 11.2 Å². The molecule has 2 heterocycles. The molecule has 7 heteroatoms.